The van der Waals surface area contributed by atoms with Gasteiger partial charge in [-0.3, -0.25) is 19.0 Å². The first-order valence-corrected chi connectivity index (χ1v) is 8.12. The Labute approximate surface area is 150 Å². The molecule has 0 aliphatic carbocycles. The van der Waals surface area contributed by atoms with Gasteiger partial charge in [0, 0.05) is 38.8 Å². The molecule has 0 bridgehead atoms. The maximum Gasteiger partial charge on any atom is 0.287 e. The van der Waals surface area contributed by atoms with Gasteiger partial charge in [0.25, 0.3) is 11.8 Å². The SMILES string of the molecule is COCCNC(=O)c1nc(C(=O)NCc2cccnc2)n2ccccc12. The van der Waals surface area contributed by atoms with Gasteiger partial charge in [0.05, 0.1) is 12.1 Å². The molecule has 3 aromatic heterocycles. The molecule has 0 aliphatic rings. The van der Waals surface area contributed by atoms with E-state index in [9.17, 15) is 9.59 Å². The molecule has 0 aromatic carbocycles. The van der Waals surface area contributed by atoms with E-state index in [4.69, 9.17) is 4.74 Å². The van der Waals surface area contributed by atoms with E-state index in [1.807, 2.05) is 6.07 Å². The van der Waals surface area contributed by atoms with Crippen molar-refractivity contribution in [2.24, 2.45) is 0 Å². The first kappa shape index (κ1) is 17.6. The molecular weight excluding hydrogens is 334 g/mol. The van der Waals surface area contributed by atoms with E-state index in [2.05, 4.69) is 20.6 Å². The Kier molecular flexibility index (Phi) is 5.55. The quantitative estimate of drug-likeness (QED) is 0.619. The van der Waals surface area contributed by atoms with Crippen LogP contribution in [-0.4, -0.2) is 46.4 Å². The second kappa shape index (κ2) is 8.21. The van der Waals surface area contributed by atoms with Crippen molar-refractivity contribution in [3.63, 3.8) is 0 Å². The highest BCUT2D eigenvalue weighted by Crippen LogP contribution is 2.13. The summed E-state index contributed by atoms with van der Waals surface area (Å²) in [5, 5.41) is 5.52. The first-order valence-electron chi connectivity index (χ1n) is 8.12. The molecule has 26 heavy (non-hydrogen) atoms. The summed E-state index contributed by atoms with van der Waals surface area (Å²) < 4.78 is 6.52. The number of rotatable bonds is 7. The Morgan fingerprint density at radius 3 is 2.81 bits per heavy atom. The fourth-order valence-electron chi connectivity index (χ4n) is 2.48. The number of ether oxygens (including phenoxy) is 1. The minimum Gasteiger partial charge on any atom is -0.383 e. The predicted molar refractivity (Wildman–Crippen MR) is 94.8 cm³/mol. The van der Waals surface area contributed by atoms with E-state index in [0.717, 1.165) is 5.56 Å². The zero-order valence-corrected chi connectivity index (χ0v) is 14.3. The molecule has 8 nitrogen and oxygen atoms in total. The van der Waals surface area contributed by atoms with E-state index in [1.165, 1.54) is 0 Å². The molecule has 134 valence electrons. The molecule has 2 amide bonds. The molecule has 3 heterocycles. The number of nitrogens with zero attached hydrogens (tertiary/aromatic N) is 3. The summed E-state index contributed by atoms with van der Waals surface area (Å²) in [6.07, 6.45) is 5.05. The van der Waals surface area contributed by atoms with Gasteiger partial charge in [-0.25, -0.2) is 4.98 Å². The van der Waals surface area contributed by atoms with Crippen LogP contribution in [-0.2, 0) is 11.3 Å². The standard InChI is InChI=1S/C18H19N5O3/c1-26-10-8-20-17(24)15-14-6-2-3-9-23(14)16(22-15)18(25)21-12-13-5-4-7-19-11-13/h2-7,9,11H,8,10,12H2,1H3,(H,20,24)(H,21,25). The van der Waals surface area contributed by atoms with Gasteiger partial charge in [0.15, 0.2) is 5.69 Å². The monoisotopic (exact) mass is 353 g/mol. The highest BCUT2D eigenvalue weighted by Gasteiger charge is 2.21. The summed E-state index contributed by atoms with van der Waals surface area (Å²) in [5.41, 5.74) is 1.64. The van der Waals surface area contributed by atoms with Crippen molar-refractivity contribution in [3.8, 4) is 0 Å². The van der Waals surface area contributed by atoms with Crippen LogP contribution in [0.2, 0.25) is 0 Å². The van der Waals surface area contributed by atoms with Gasteiger partial charge in [-0.05, 0) is 23.8 Å². The molecular formula is C18H19N5O3. The highest BCUT2D eigenvalue weighted by molar-refractivity contribution is 6.02. The smallest absolute Gasteiger partial charge is 0.287 e. The molecule has 0 spiro atoms. The third-order valence-corrected chi connectivity index (χ3v) is 3.73. The van der Waals surface area contributed by atoms with Gasteiger partial charge in [0.1, 0.15) is 0 Å². The normalized spacial score (nSPS) is 10.7. The molecule has 0 saturated heterocycles. The van der Waals surface area contributed by atoms with E-state index in [-0.39, 0.29) is 23.3 Å². The largest absolute Gasteiger partial charge is 0.383 e. The molecule has 0 aliphatic heterocycles. The van der Waals surface area contributed by atoms with Crippen molar-refractivity contribution in [3.05, 3.63) is 66.0 Å². The third kappa shape index (κ3) is 3.86. The Bertz CT molecular complexity index is 908. The number of amides is 2. The van der Waals surface area contributed by atoms with Gasteiger partial charge in [-0.15, -0.1) is 0 Å². The molecule has 0 radical (unpaired) electrons. The topological polar surface area (TPSA) is 97.6 Å². The van der Waals surface area contributed by atoms with Crippen LogP contribution in [0.25, 0.3) is 5.52 Å². The van der Waals surface area contributed by atoms with Crippen molar-refractivity contribution in [1.29, 1.82) is 0 Å². The molecule has 0 fully saturated rings. The van der Waals surface area contributed by atoms with E-state index in [1.54, 1.807) is 54.4 Å². The Balaban J connectivity index is 1.81. The highest BCUT2D eigenvalue weighted by atomic mass is 16.5. The predicted octanol–water partition coefficient (Wildman–Crippen LogP) is 1.04. The second-order valence-electron chi connectivity index (χ2n) is 5.53. The van der Waals surface area contributed by atoms with E-state index < -0.39 is 0 Å². The Morgan fingerprint density at radius 1 is 1.15 bits per heavy atom. The Hall–Kier alpha value is -3.26. The third-order valence-electron chi connectivity index (χ3n) is 3.73. The molecule has 0 unspecified atom stereocenters. The van der Waals surface area contributed by atoms with Crippen LogP contribution in [0.15, 0.2) is 48.9 Å². The number of carbonyl (C=O) groups excluding carboxylic acids is 2. The summed E-state index contributed by atoms with van der Waals surface area (Å²) in [6.45, 7) is 1.09. The minimum absolute atomic E-state index is 0.154. The van der Waals surface area contributed by atoms with Gasteiger partial charge < -0.3 is 15.4 Å². The zero-order valence-electron chi connectivity index (χ0n) is 14.3. The number of hydrogen-bond donors (Lipinski definition) is 2. The summed E-state index contributed by atoms with van der Waals surface area (Å²) >= 11 is 0. The number of imidazole rings is 1. The van der Waals surface area contributed by atoms with E-state index in [0.29, 0.717) is 25.2 Å². The van der Waals surface area contributed by atoms with Crippen molar-refractivity contribution in [2.75, 3.05) is 20.3 Å². The number of nitrogens with one attached hydrogen (secondary N) is 2. The maximum atomic E-state index is 12.6. The zero-order chi connectivity index (χ0) is 18.4. The van der Waals surface area contributed by atoms with Crippen LogP contribution in [0.5, 0.6) is 0 Å². The number of methoxy groups -OCH3 is 1. The lowest BCUT2D eigenvalue weighted by molar-refractivity contribution is 0.0934. The molecule has 0 atom stereocenters. The van der Waals surface area contributed by atoms with Crippen LogP contribution < -0.4 is 10.6 Å². The van der Waals surface area contributed by atoms with Crippen molar-refractivity contribution in [2.45, 2.75) is 6.54 Å². The van der Waals surface area contributed by atoms with Gasteiger partial charge in [-0.2, -0.15) is 0 Å². The fraction of sp³-hybridized carbons (Fsp3) is 0.222. The average Bonchev–Trinajstić information content (AvgIpc) is 3.07. The van der Waals surface area contributed by atoms with Gasteiger partial charge in [-0.1, -0.05) is 12.1 Å². The van der Waals surface area contributed by atoms with Crippen LogP contribution in [0.1, 0.15) is 26.7 Å². The number of carbonyl (C=O) groups is 2. The number of aromatic nitrogens is 3. The molecule has 2 N–H and O–H groups in total. The number of fused-ring (bicyclic) bond motifs is 1. The summed E-state index contributed by atoms with van der Waals surface area (Å²) in [6, 6.07) is 8.98. The summed E-state index contributed by atoms with van der Waals surface area (Å²) in [4.78, 5) is 33.2. The summed E-state index contributed by atoms with van der Waals surface area (Å²) in [5.74, 6) is -0.565. The van der Waals surface area contributed by atoms with E-state index >= 15 is 0 Å². The lowest BCUT2D eigenvalue weighted by atomic mass is 10.3. The molecule has 3 rings (SSSR count). The van der Waals surface area contributed by atoms with Gasteiger partial charge >= 0.3 is 0 Å². The fourth-order valence-corrected chi connectivity index (χ4v) is 2.48. The average molecular weight is 353 g/mol. The minimum atomic E-state index is -0.369. The van der Waals surface area contributed by atoms with Crippen LogP contribution in [0.4, 0.5) is 0 Å². The molecule has 0 saturated carbocycles. The second-order valence-corrected chi connectivity index (χ2v) is 5.53. The van der Waals surface area contributed by atoms with Crippen molar-refractivity contribution < 1.29 is 14.3 Å². The lowest BCUT2D eigenvalue weighted by Crippen LogP contribution is -2.28. The molecule has 8 heteroatoms. The van der Waals surface area contributed by atoms with Gasteiger partial charge in [0.2, 0.25) is 5.82 Å². The number of pyridine rings is 2. The lowest BCUT2D eigenvalue weighted by Gasteiger charge is -2.04. The molecule has 3 aromatic rings. The Morgan fingerprint density at radius 2 is 2.04 bits per heavy atom. The maximum absolute atomic E-state index is 12.6. The summed E-state index contributed by atoms with van der Waals surface area (Å²) in [7, 11) is 1.56. The first-order chi connectivity index (χ1) is 12.7. The van der Waals surface area contributed by atoms with Crippen LogP contribution in [0.3, 0.4) is 0 Å². The van der Waals surface area contributed by atoms with Crippen molar-refractivity contribution in [1.82, 2.24) is 25.0 Å². The number of hydrogen-bond acceptors (Lipinski definition) is 5. The van der Waals surface area contributed by atoms with Crippen LogP contribution in [0, 0.1) is 0 Å². The van der Waals surface area contributed by atoms with Crippen LogP contribution >= 0.6 is 0 Å². The van der Waals surface area contributed by atoms with Crippen molar-refractivity contribution >= 4 is 17.3 Å².